The fourth-order valence-electron chi connectivity index (χ4n) is 2.91. The van der Waals surface area contributed by atoms with Crippen LogP contribution in [0.5, 0.6) is 0 Å². The standard InChI is InChI=1S/C16H24N6O2/c1-13(2)17-15(23)11-19-7-9-20(10-8-19)12-22-16(24)21-6-4-3-5-14(21)18-22/h3-6,13H,7-12H2,1-2H3,(H,17,23). The van der Waals surface area contributed by atoms with E-state index in [1.807, 2.05) is 32.0 Å². The number of hydrogen-bond acceptors (Lipinski definition) is 5. The monoisotopic (exact) mass is 332 g/mol. The number of carbonyl (C=O) groups excluding carboxylic acids is 1. The molecular formula is C16H24N6O2. The van der Waals surface area contributed by atoms with Crippen LogP contribution >= 0.6 is 0 Å². The van der Waals surface area contributed by atoms with Crippen molar-refractivity contribution in [2.24, 2.45) is 0 Å². The van der Waals surface area contributed by atoms with E-state index in [1.54, 1.807) is 10.6 Å². The first kappa shape index (κ1) is 16.7. The summed E-state index contributed by atoms with van der Waals surface area (Å²) < 4.78 is 3.04. The summed E-state index contributed by atoms with van der Waals surface area (Å²) in [5.41, 5.74) is 0.538. The molecule has 2 aromatic heterocycles. The first-order valence-electron chi connectivity index (χ1n) is 8.31. The molecule has 2 aromatic rings. The van der Waals surface area contributed by atoms with Gasteiger partial charge in [0.15, 0.2) is 5.65 Å². The second-order valence-corrected chi connectivity index (χ2v) is 6.47. The third-order valence-electron chi connectivity index (χ3n) is 4.10. The Kier molecular flexibility index (Phi) is 4.96. The largest absolute Gasteiger partial charge is 0.353 e. The SMILES string of the molecule is CC(C)NC(=O)CN1CCN(Cn2nc3ccccn3c2=O)CC1. The average molecular weight is 332 g/mol. The molecule has 130 valence electrons. The van der Waals surface area contributed by atoms with Crippen LogP contribution in [0.25, 0.3) is 5.65 Å². The lowest BCUT2D eigenvalue weighted by Gasteiger charge is -2.33. The van der Waals surface area contributed by atoms with Gasteiger partial charge in [0.05, 0.1) is 13.2 Å². The molecule has 24 heavy (non-hydrogen) atoms. The zero-order valence-corrected chi connectivity index (χ0v) is 14.2. The van der Waals surface area contributed by atoms with E-state index in [4.69, 9.17) is 0 Å². The summed E-state index contributed by atoms with van der Waals surface area (Å²) in [5, 5.41) is 7.27. The Bertz CT molecular complexity index is 757. The minimum atomic E-state index is -0.121. The zero-order chi connectivity index (χ0) is 17.1. The van der Waals surface area contributed by atoms with Gasteiger partial charge in [-0.2, -0.15) is 4.68 Å². The normalized spacial score (nSPS) is 16.8. The van der Waals surface area contributed by atoms with Gasteiger partial charge in [0.25, 0.3) is 0 Å². The van der Waals surface area contributed by atoms with Crippen molar-refractivity contribution in [2.45, 2.75) is 26.6 Å². The van der Waals surface area contributed by atoms with E-state index in [0.717, 1.165) is 26.2 Å². The third-order valence-corrected chi connectivity index (χ3v) is 4.10. The molecule has 1 saturated heterocycles. The number of rotatable bonds is 5. The van der Waals surface area contributed by atoms with Crippen LogP contribution in [0, 0.1) is 0 Å². The molecule has 0 bridgehead atoms. The fourth-order valence-corrected chi connectivity index (χ4v) is 2.91. The van der Waals surface area contributed by atoms with Crippen molar-refractivity contribution >= 4 is 11.6 Å². The summed E-state index contributed by atoms with van der Waals surface area (Å²) in [6, 6.07) is 5.68. The molecule has 0 atom stereocenters. The first-order valence-corrected chi connectivity index (χ1v) is 8.31. The number of nitrogens with one attached hydrogen (secondary N) is 1. The quantitative estimate of drug-likeness (QED) is 0.806. The Morgan fingerprint density at radius 2 is 1.92 bits per heavy atom. The molecule has 8 nitrogen and oxygen atoms in total. The van der Waals surface area contributed by atoms with Crippen molar-refractivity contribution < 1.29 is 4.79 Å². The van der Waals surface area contributed by atoms with E-state index in [2.05, 4.69) is 20.2 Å². The van der Waals surface area contributed by atoms with Gasteiger partial charge in [-0.05, 0) is 26.0 Å². The second-order valence-electron chi connectivity index (χ2n) is 6.47. The van der Waals surface area contributed by atoms with Crippen LogP contribution in [-0.4, -0.2) is 68.7 Å². The van der Waals surface area contributed by atoms with E-state index >= 15 is 0 Å². The van der Waals surface area contributed by atoms with Crippen LogP contribution in [0.2, 0.25) is 0 Å². The summed E-state index contributed by atoms with van der Waals surface area (Å²) in [5.74, 6) is 0.0648. The lowest BCUT2D eigenvalue weighted by atomic mass is 10.3. The van der Waals surface area contributed by atoms with Crippen molar-refractivity contribution in [3.63, 3.8) is 0 Å². The highest BCUT2D eigenvalue weighted by atomic mass is 16.2. The van der Waals surface area contributed by atoms with Crippen molar-refractivity contribution in [3.05, 3.63) is 34.9 Å². The summed E-state index contributed by atoms with van der Waals surface area (Å²) >= 11 is 0. The predicted octanol–water partition coefficient (Wildman–Crippen LogP) is -0.404. The number of nitrogens with zero attached hydrogens (tertiary/aromatic N) is 5. The summed E-state index contributed by atoms with van der Waals surface area (Å²) in [6.07, 6.45) is 1.73. The molecule has 3 heterocycles. The van der Waals surface area contributed by atoms with Crippen molar-refractivity contribution in [1.82, 2.24) is 29.3 Å². The Labute approximate surface area is 140 Å². The smallest absolute Gasteiger partial charge is 0.351 e. The summed E-state index contributed by atoms with van der Waals surface area (Å²) in [7, 11) is 0. The minimum Gasteiger partial charge on any atom is -0.353 e. The van der Waals surface area contributed by atoms with Crippen molar-refractivity contribution in [3.8, 4) is 0 Å². The van der Waals surface area contributed by atoms with Crippen LogP contribution in [0.1, 0.15) is 13.8 Å². The number of pyridine rings is 1. The predicted molar refractivity (Wildman–Crippen MR) is 90.7 cm³/mol. The van der Waals surface area contributed by atoms with Gasteiger partial charge < -0.3 is 5.32 Å². The molecule has 1 amide bonds. The topological polar surface area (TPSA) is 74.9 Å². The molecule has 0 aliphatic carbocycles. The number of carbonyl (C=O) groups is 1. The van der Waals surface area contributed by atoms with Gasteiger partial charge in [0, 0.05) is 38.4 Å². The maximum absolute atomic E-state index is 12.3. The average Bonchev–Trinajstić information content (AvgIpc) is 2.85. The molecule has 0 aromatic carbocycles. The van der Waals surface area contributed by atoms with Gasteiger partial charge in [0.2, 0.25) is 5.91 Å². The summed E-state index contributed by atoms with van der Waals surface area (Å²) in [6.45, 7) is 8.09. The maximum atomic E-state index is 12.3. The Balaban J connectivity index is 1.54. The highest BCUT2D eigenvalue weighted by Crippen LogP contribution is 2.03. The molecule has 0 spiro atoms. The van der Waals surface area contributed by atoms with Crippen LogP contribution < -0.4 is 11.0 Å². The number of piperazine rings is 1. The highest BCUT2D eigenvalue weighted by molar-refractivity contribution is 5.78. The van der Waals surface area contributed by atoms with Gasteiger partial charge >= 0.3 is 5.69 Å². The summed E-state index contributed by atoms with van der Waals surface area (Å²) in [4.78, 5) is 28.4. The van der Waals surface area contributed by atoms with Crippen LogP contribution in [0.4, 0.5) is 0 Å². The molecule has 3 rings (SSSR count). The Morgan fingerprint density at radius 3 is 2.58 bits per heavy atom. The van der Waals surface area contributed by atoms with E-state index in [9.17, 15) is 9.59 Å². The molecule has 1 aliphatic rings. The van der Waals surface area contributed by atoms with Gasteiger partial charge in [-0.25, -0.2) is 4.79 Å². The minimum absolute atomic E-state index is 0.0648. The lowest BCUT2D eigenvalue weighted by Crippen LogP contribution is -2.50. The van der Waals surface area contributed by atoms with E-state index < -0.39 is 0 Å². The molecule has 1 N–H and O–H groups in total. The fraction of sp³-hybridized carbons (Fsp3) is 0.562. The number of hydrogen-bond donors (Lipinski definition) is 1. The van der Waals surface area contributed by atoms with Crippen molar-refractivity contribution in [2.75, 3.05) is 32.7 Å². The van der Waals surface area contributed by atoms with E-state index in [1.165, 1.54) is 4.68 Å². The molecule has 8 heteroatoms. The van der Waals surface area contributed by atoms with Gasteiger partial charge in [-0.3, -0.25) is 19.0 Å². The second kappa shape index (κ2) is 7.14. The first-order chi connectivity index (χ1) is 11.5. The van der Waals surface area contributed by atoms with Gasteiger partial charge in [-0.1, -0.05) is 6.07 Å². The molecule has 1 fully saturated rings. The van der Waals surface area contributed by atoms with E-state index in [-0.39, 0.29) is 17.6 Å². The number of fused-ring (bicyclic) bond motifs is 1. The number of amides is 1. The molecule has 0 radical (unpaired) electrons. The van der Waals surface area contributed by atoms with Crippen LogP contribution in [-0.2, 0) is 11.5 Å². The number of aromatic nitrogens is 3. The van der Waals surface area contributed by atoms with Crippen molar-refractivity contribution in [1.29, 1.82) is 0 Å². The van der Waals surface area contributed by atoms with E-state index in [0.29, 0.717) is 18.9 Å². The Hall–Kier alpha value is -2.19. The third kappa shape index (κ3) is 3.82. The molecular weight excluding hydrogens is 308 g/mol. The molecule has 0 saturated carbocycles. The van der Waals surface area contributed by atoms with Gasteiger partial charge in [0.1, 0.15) is 0 Å². The molecule has 1 aliphatic heterocycles. The zero-order valence-electron chi connectivity index (χ0n) is 14.2. The van der Waals surface area contributed by atoms with Crippen LogP contribution in [0.3, 0.4) is 0 Å². The highest BCUT2D eigenvalue weighted by Gasteiger charge is 2.20. The Morgan fingerprint density at radius 1 is 1.21 bits per heavy atom. The van der Waals surface area contributed by atoms with Crippen LogP contribution in [0.15, 0.2) is 29.2 Å². The lowest BCUT2D eigenvalue weighted by molar-refractivity contribution is -0.123. The van der Waals surface area contributed by atoms with Gasteiger partial charge in [-0.15, -0.1) is 5.10 Å². The molecule has 0 unspecified atom stereocenters. The maximum Gasteiger partial charge on any atom is 0.351 e.